The number of non-ortho nitro benzene ring substituents is 1. The Labute approximate surface area is 197 Å². The number of guanidine groups is 1. The van der Waals surface area contributed by atoms with Gasteiger partial charge in [0.05, 0.1) is 16.4 Å². The summed E-state index contributed by atoms with van der Waals surface area (Å²) in [5.74, 6) is 0.157. The van der Waals surface area contributed by atoms with Crippen molar-refractivity contribution in [3.05, 3.63) is 69.5 Å². The van der Waals surface area contributed by atoms with Crippen molar-refractivity contribution in [1.82, 2.24) is 15.4 Å². The minimum Gasteiger partial charge on any atom is -0.357 e. The van der Waals surface area contributed by atoms with E-state index in [4.69, 9.17) is 0 Å². The largest absolute Gasteiger partial charge is 0.357 e. The molecule has 0 unspecified atom stereocenters. The molecule has 170 valence electrons. The Kier molecular flexibility index (Phi) is 10.8. The highest BCUT2D eigenvalue weighted by molar-refractivity contribution is 14.0. The molecule has 31 heavy (non-hydrogen) atoms. The Balaban J connectivity index is 0.00000480. The fourth-order valence-corrected chi connectivity index (χ4v) is 3.53. The van der Waals surface area contributed by atoms with Crippen LogP contribution in [0.25, 0.3) is 0 Å². The van der Waals surface area contributed by atoms with Gasteiger partial charge in [0.1, 0.15) is 5.82 Å². The molecule has 0 amide bonds. The lowest BCUT2D eigenvalue weighted by molar-refractivity contribution is -0.385. The molecule has 0 aliphatic rings. The molecule has 3 N–H and O–H groups in total. The molecule has 0 spiro atoms. The third-order valence-corrected chi connectivity index (χ3v) is 5.51. The molecular weight excluding hydrogens is 540 g/mol. The number of nitro groups is 1. The molecular formula is C19H25FIN5O4S. The lowest BCUT2D eigenvalue weighted by Crippen LogP contribution is -2.41. The van der Waals surface area contributed by atoms with Crippen molar-refractivity contribution in [2.45, 2.75) is 25.3 Å². The standard InChI is InChI=1S/C19H24FN5O4S.HI/c1-3-21-19(23-13-15-8-7-14(2)18(20)11-15)22-9-10-24-30(28,29)17-6-4-5-16(12-17)25(26)27;/h4-8,11-12,24H,3,9-10,13H2,1-2H3,(H2,21,22,23);1H. The minimum absolute atomic E-state index is 0. The van der Waals surface area contributed by atoms with E-state index in [0.29, 0.717) is 23.6 Å². The van der Waals surface area contributed by atoms with Crippen LogP contribution in [0.3, 0.4) is 0 Å². The molecule has 2 aromatic rings. The van der Waals surface area contributed by atoms with Gasteiger partial charge in [-0.05, 0) is 37.1 Å². The van der Waals surface area contributed by atoms with Crippen LogP contribution in [-0.4, -0.2) is 38.9 Å². The summed E-state index contributed by atoms with van der Waals surface area (Å²) in [5, 5.41) is 16.8. The lowest BCUT2D eigenvalue weighted by atomic mass is 10.1. The lowest BCUT2D eigenvalue weighted by Gasteiger charge is -2.12. The molecule has 0 radical (unpaired) electrons. The maximum atomic E-state index is 13.6. The molecule has 0 aliphatic carbocycles. The zero-order valence-corrected chi connectivity index (χ0v) is 20.2. The van der Waals surface area contributed by atoms with Crippen molar-refractivity contribution in [1.29, 1.82) is 0 Å². The number of aliphatic imine (C=N–C) groups is 1. The van der Waals surface area contributed by atoms with Gasteiger partial charge in [0.2, 0.25) is 10.0 Å². The first kappa shape index (κ1) is 26.7. The number of hydrogen-bond acceptors (Lipinski definition) is 5. The Hall–Kier alpha value is -2.32. The van der Waals surface area contributed by atoms with Crippen molar-refractivity contribution in [2.75, 3.05) is 19.6 Å². The number of nitrogens with one attached hydrogen (secondary N) is 3. The zero-order chi connectivity index (χ0) is 22.1. The van der Waals surface area contributed by atoms with Crippen LogP contribution in [0.4, 0.5) is 10.1 Å². The Bertz CT molecular complexity index is 1030. The Morgan fingerprint density at radius 3 is 2.55 bits per heavy atom. The van der Waals surface area contributed by atoms with Gasteiger partial charge in [0.15, 0.2) is 5.96 Å². The summed E-state index contributed by atoms with van der Waals surface area (Å²) in [6, 6.07) is 9.73. The van der Waals surface area contributed by atoms with Gasteiger partial charge in [0, 0.05) is 31.8 Å². The van der Waals surface area contributed by atoms with Crippen LogP contribution >= 0.6 is 24.0 Å². The van der Waals surface area contributed by atoms with Gasteiger partial charge in [0.25, 0.3) is 5.69 Å². The zero-order valence-electron chi connectivity index (χ0n) is 17.1. The van der Waals surface area contributed by atoms with Crippen molar-refractivity contribution >= 4 is 45.6 Å². The fourth-order valence-electron chi connectivity index (χ4n) is 2.46. The fraction of sp³-hybridized carbons (Fsp3) is 0.316. The molecule has 2 aromatic carbocycles. The minimum atomic E-state index is -3.89. The van der Waals surface area contributed by atoms with Gasteiger partial charge in [-0.15, -0.1) is 24.0 Å². The van der Waals surface area contributed by atoms with E-state index in [1.807, 2.05) is 6.92 Å². The van der Waals surface area contributed by atoms with E-state index in [-0.39, 0.29) is 60.0 Å². The smallest absolute Gasteiger partial charge is 0.270 e. The molecule has 0 aromatic heterocycles. The third-order valence-electron chi connectivity index (χ3n) is 4.05. The first-order valence-electron chi connectivity index (χ1n) is 9.24. The van der Waals surface area contributed by atoms with Crippen LogP contribution in [-0.2, 0) is 16.6 Å². The monoisotopic (exact) mass is 565 g/mol. The summed E-state index contributed by atoms with van der Waals surface area (Å²) in [6.07, 6.45) is 0. The van der Waals surface area contributed by atoms with Crippen molar-refractivity contribution in [2.24, 2.45) is 4.99 Å². The van der Waals surface area contributed by atoms with E-state index in [0.717, 1.165) is 6.07 Å². The number of nitrogens with zero attached hydrogens (tertiary/aromatic N) is 2. The molecule has 0 heterocycles. The summed E-state index contributed by atoms with van der Waals surface area (Å²) in [6.45, 7) is 4.67. The van der Waals surface area contributed by atoms with Crippen LogP contribution in [0.15, 0.2) is 52.4 Å². The van der Waals surface area contributed by atoms with Crippen LogP contribution in [0, 0.1) is 22.9 Å². The summed E-state index contributed by atoms with van der Waals surface area (Å²) < 4.78 is 40.6. The predicted octanol–water partition coefficient (Wildman–Crippen LogP) is 2.69. The number of sulfonamides is 1. The van der Waals surface area contributed by atoms with Gasteiger partial charge in [-0.2, -0.15) is 0 Å². The molecule has 0 saturated heterocycles. The number of aryl methyl sites for hydroxylation is 1. The van der Waals surface area contributed by atoms with Gasteiger partial charge in [-0.1, -0.05) is 18.2 Å². The molecule has 12 heteroatoms. The summed E-state index contributed by atoms with van der Waals surface area (Å²) in [5.41, 5.74) is 0.968. The van der Waals surface area contributed by atoms with Crippen LogP contribution in [0.5, 0.6) is 0 Å². The second-order valence-electron chi connectivity index (χ2n) is 6.36. The SMILES string of the molecule is CCNC(=NCc1ccc(C)c(F)c1)NCCNS(=O)(=O)c1cccc([N+](=O)[O-])c1.I. The average molecular weight is 565 g/mol. The summed E-state index contributed by atoms with van der Waals surface area (Å²) in [4.78, 5) is 14.3. The van der Waals surface area contributed by atoms with Crippen LogP contribution < -0.4 is 15.4 Å². The van der Waals surface area contributed by atoms with E-state index >= 15 is 0 Å². The van der Waals surface area contributed by atoms with E-state index in [1.165, 1.54) is 24.3 Å². The molecule has 2 rings (SSSR count). The predicted molar refractivity (Wildman–Crippen MR) is 128 cm³/mol. The number of nitro benzene ring substituents is 1. The second kappa shape index (κ2) is 12.5. The number of halogens is 2. The molecule has 0 bridgehead atoms. The van der Waals surface area contributed by atoms with E-state index in [2.05, 4.69) is 20.3 Å². The molecule has 0 saturated carbocycles. The summed E-state index contributed by atoms with van der Waals surface area (Å²) >= 11 is 0. The highest BCUT2D eigenvalue weighted by Gasteiger charge is 2.17. The van der Waals surface area contributed by atoms with E-state index < -0.39 is 14.9 Å². The Morgan fingerprint density at radius 2 is 1.90 bits per heavy atom. The Morgan fingerprint density at radius 1 is 1.16 bits per heavy atom. The van der Waals surface area contributed by atoms with Crippen LogP contribution in [0.1, 0.15) is 18.1 Å². The van der Waals surface area contributed by atoms with E-state index in [1.54, 1.807) is 19.1 Å². The first-order chi connectivity index (χ1) is 14.2. The van der Waals surface area contributed by atoms with Crippen molar-refractivity contribution in [3.8, 4) is 0 Å². The number of hydrogen-bond donors (Lipinski definition) is 3. The normalized spacial score (nSPS) is 11.5. The molecule has 0 atom stereocenters. The van der Waals surface area contributed by atoms with E-state index in [9.17, 15) is 22.9 Å². The van der Waals surface area contributed by atoms with Gasteiger partial charge >= 0.3 is 0 Å². The molecule has 9 nitrogen and oxygen atoms in total. The number of benzene rings is 2. The summed E-state index contributed by atoms with van der Waals surface area (Å²) in [7, 11) is -3.89. The van der Waals surface area contributed by atoms with Crippen LogP contribution in [0.2, 0.25) is 0 Å². The van der Waals surface area contributed by atoms with Gasteiger partial charge in [-0.3, -0.25) is 10.1 Å². The quantitative estimate of drug-likeness (QED) is 0.107. The second-order valence-corrected chi connectivity index (χ2v) is 8.12. The number of rotatable bonds is 9. The van der Waals surface area contributed by atoms with Crippen molar-refractivity contribution in [3.63, 3.8) is 0 Å². The highest BCUT2D eigenvalue weighted by Crippen LogP contribution is 2.16. The topological polar surface area (TPSA) is 126 Å². The maximum Gasteiger partial charge on any atom is 0.270 e. The maximum absolute atomic E-state index is 13.6. The molecule has 0 fully saturated rings. The highest BCUT2D eigenvalue weighted by atomic mass is 127. The molecule has 0 aliphatic heterocycles. The first-order valence-corrected chi connectivity index (χ1v) is 10.7. The third kappa shape index (κ3) is 8.38. The van der Waals surface area contributed by atoms with Gasteiger partial charge in [-0.25, -0.2) is 22.5 Å². The van der Waals surface area contributed by atoms with Crippen molar-refractivity contribution < 1.29 is 17.7 Å². The average Bonchev–Trinajstić information content (AvgIpc) is 2.71. The van der Waals surface area contributed by atoms with Gasteiger partial charge < -0.3 is 10.6 Å².